The van der Waals surface area contributed by atoms with Gasteiger partial charge in [-0.3, -0.25) is 0 Å². The zero-order valence-electron chi connectivity index (χ0n) is 10.5. The largest absolute Gasteiger partial charge is 0.382 e. The third-order valence-electron chi connectivity index (χ3n) is 4.14. The predicted molar refractivity (Wildman–Crippen MR) is 70.3 cm³/mol. The van der Waals surface area contributed by atoms with Crippen molar-refractivity contribution in [2.45, 2.75) is 43.7 Å². The predicted octanol–water partition coefficient (Wildman–Crippen LogP) is 3.07. The molecule has 0 aromatic heterocycles. The first-order valence-electron chi connectivity index (χ1n) is 6.70. The van der Waals surface area contributed by atoms with Crippen molar-refractivity contribution >= 4 is 5.69 Å². The van der Waals surface area contributed by atoms with Gasteiger partial charge in [-0.25, -0.2) is 0 Å². The highest BCUT2D eigenvalue weighted by Crippen LogP contribution is 2.42. The molecule has 1 aliphatic heterocycles. The number of rotatable bonds is 2. The van der Waals surface area contributed by atoms with Crippen molar-refractivity contribution in [3.8, 4) is 6.07 Å². The Morgan fingerprint density at radius 1 is 1.28 bits per heavy atom. The van der Waals surface area contributed by atoms with E-state index in [0.29, 0.717) is 11.6 Å². The van der Waals surface area contributed by atoms with Crippen molar-refractivity contribution in [3.05, 3.63) is 29.8 Å². The standard InChI is InChI=1S/C15H18N2O/c16-11-12-2-4-13(5-3-12)17-14-6-9-18-15(10-14)7-1-8-15/h2-5,14,17H,1,6-10H2. The van der Waals surface area contributed by atoms with E-state index in [1.807, 2.05) is 24.3 Å². The molecule has 1 saturated heterocycles. The van der Waals surface area contributed by atoms with E-state index in [9.17, 15) is 0 Å². The van der Waals surface area contributed by atoms with Crippen LogP contribution in [-0.2, 0) is 4.74 Å². The van der Waals surface area contributed by atoms with Crippen LogP contribution in [0.1, 0.15) is 37.7 Å². The Bertz CT molecular complexity index is 456. The number of benzene rings is 1. The third-order valence-corrected chi connectivity index (χ3v) is 4.14. The summed E-state index contributed by atoms with van der Waals surface area (Å²) in [6.45, 7) is 0.869. The van der Waals surface area contributed by atoms with E-state index in [2.05, 4.69) is 11.4 Å². The summed E-state index contributed by atoms with van der Waals surface area (Å²) in [5.74, 6) is 0. The fourth-order valence-electron chi connectivity index (χ4n) is 2.95. The Morgan fingerprint density at radius 3 is 2.67 bits per heavy atom. The summed E-state index contributed by atoms with van der Waals surface area (Å²) in [7, 11) is 0. The summed E-state index contributed by atoms with van der Waals surface area (Å²) in [5.41, 5.74) is 2.00. The van der Waals surface area contributed by atoms with Gasteiger partial charge in [0.05, 0.1) is 17.2 Å². The van der Waals surface area contributed by atoms with Crippen molar-refractivity contribution in [1.82, 2.24) is 0 Å². The van der Waals surface area contributed by atoms with Crippen LogP contribution in [0.5, 0.6) is 0 Å². The minimum Gasteiger partial charge on any atom is -0.382 e. The van der Waals surface area contributed by atoms with Gasteiger partial charge in [-0.2, -0.15) is 5.26 Å². The number of ether oxygens (including phenoxy) is 1. The number of hydrogen-bond donors (Lipinski definition) is 1. The zero-order valence-corrected chi connectivity index (χ0v) is 10.5. The molecule has 2 fully saturated rings. The van der Waals surface area contributed by atoms with Gasteiger partial charge in [0.15, 0.2) is 0 Å². The van der Waals surface area contributed by atoms with Crippen molar-refractivity contribution in [3.63, 3.8) is 0 Å². The molecule has 1 spiro atoms. The highest BCUT2D eigenvalue weighted by molar-refractivity contribution is 5.48. The molecule has 1 aromatic rings. The highest BCUT2D eigenvalue weighted by Gasteiger charge is 2.42. The molecule has 3 heteroatoms. The Balaban J connectivity index is 1.63. The molecular formula is C15H18N2O. The summed E-state index contributed by atoms with van der Waals surface area (Å²) in [6.07, 6.45) is 5.94. The fraction of sp³-hybridized carbons (Fsp3) is 0.533. The Labute approximate surface area is 108 Å². The van der Waals surface area contributed by atoms with Crippen LogP contribution in [-0.4, -0.2) is 18.2 Å². The van der Waals surface area contributed by atoms with Gasteiger partial charge in [-0.15, -0.1) is 0 Å². The summed E-state index contributed by atoms with van der Waals surface area (Å²) in [5, 5.41) is 12.3. The van der Waals surface area contributed by atoms with Gasteiger partial charge in [-0.05, 0) is 56.4 Å². The Morgan fingerprint density at radius 2 is 2.06 bits per heavy atom. The highest BCUT2D eigenvalue weighted by atomic mass is 16.5. The summed E-state index contributed by atoms with van der Waals surface area (Å²) in [6, 6.07) is 10.3. The van der Waals surface area contributed by atoms with E-state index < -0.39 is 0 Å². The second-order valence-electron chi connectivity index (χ2n) is 5.41. The molecule has 94 valence electrons. The number of nitrogens with zero attached hydrogens (tertiary/aromatic N) is 1. The van der Waals surface area contributed by atoms with Gasteiger partial charge in [0.25, 0.3) is 0 Å². The quantitative estimate of drug-likeness (QED) is 0.866. The average Bonchev–Trinajstić information content (AvgIpc) is 2.38. The molecule has 0 bridgehead atoms. The van der Waals surface area contributed by atoms with Gasteiger partial charge in [-0.1, -0.05) is 0 Å². The van der Waals surface area contributed by atoms with E-state index >= 15 is 0 Å². The van der Waals surface area contributed by atoms with Crippen molar-refractivity contribution in [2.75, 3.05) is 11.9 Å². The third kappa shape index (κ3) is 2.21. The molecule has 1 atom stereocenters. The molecule has 1 aromatic carbocycles. The van der Waals surface area contributed by atoms with Crippen LogP contribution in [0.4, 0.5) is 5.69 Å². The van der Waals surface area contributed by atoms with Gasteiger partial charge >= 0.3 is 0 Å². The lowest BCUT2D eigenvalue weighted by Gasteiger charge is -2.47. The van der Waals surface area contributed by atoms with Crippen LogP contribution in [0, 0.1) is 11.3 Å². The van der Waals surface area contributed by atoms with Gasteiger partial charge < -0.3 is 10.1 Å². The Hall–Kier alpha value is -1.53. The monoisotopic (exact) mass is 242 g/mol. The van der Waals surface area contributed by atoms with Gasteiger partial charge in [0.2, 0.25) is 0 Å². The van der Waals surface area contributed by atoms with Gasteiger partial charge in [0.1, 0.15) is 0 Å². The van der Waals surface area contributed by atoms with E-state index in [-0.39, 0.29) is 5.60 Å². The maximum Gasteiger partial charge on any atom is 0.0991 e. The molecule has 1 N–H and O–H groups in total. The topological polar surface area (TPSA) is 45.0 Å². The first-order valence-corrected chi connectivity index (χ1v) is 6.70. The van der Waals surface area contributed by atoms with Crippen LogP contribution >= 0.6 is 0 Å². The number of nitrogens with one attached hydrogen (secondary N) is 1. The molecule has 1 unspecified atom stereocenters. The van der Waals surface area contributed by atoms with Crippen molar-refractivity contribution in [2.24, 2.45) is 0 Å². The van der Waals surface area contributed by atoms with E-state index in [1.165, 1.54) is 19.3 Å². The molecule has 0 amide bonds. The molecule has 0 radical (unpaired) electrons. The van der Waals surface area contributed by atoms with Crippen LogP contribution in [0.3, 0.4) is 0 Å². The second kappa shape index (κ2) is 4.62. The lowest BCUT2D eigenvalue weighted by Crippen LogP contribution is -2.48. The molecule has 1 heterocycles. The number of nitriles is 1. The lowest BCUT2D eigenvalue weighted by atomic mass is 9.74. The van der Waals surface area contributed by atoms with Gasteiger partial charge in [0, 0.05) is 18.3 Å². The first-order chi connectivity index (χ1) is 8.80. The van der Waals surface area contributed by atoms with E-state index in [4.69, 9.17) is 10.00 Å². The van der Waals surface area contributed by atoms with Crippen molar-refractivity contribution in [1.29, 1.82) is 5.26 Å². The van der Waals surface area contributed by atoms with E-state index in [0.717, 1.165) is 25.1 Å². The molecule has 3 rings (SSSR count). The molecule has 1 saturated carbocycles. The second-order valence-corrected chi connectivity index (χ2v) is 5.41. The minimum absolute atomic E-state index is 0.183. The maximum atomic E-state index is 8.77. The van der Waals surface area contributed by atoms with Crippen LogP contribution < -0.4 is 5.32 Å². The van der Waals surface area contributed by atoms with E-state index in [1.54, 1.807) is 0 Å². The summed E-state index contributed by atoms with van der Waals surface area (Å²) in [4.78, 5) is 0. The number of anilines is 1. The smallest absolute Gasteiger partial charge is 0.0991 e. The minimum atomic E-state index is 0.183. The van der Waals surface area contributed by atoms with Crippen LogP contribution in [0.25, 0.3) is 0 Å². The molecule has 2 aliphatic rings. The molecule has 18 heavy (non-hydrogen) atoms. The first kappa shape index (κ1) is 11.6. The number of hydrogen-bond acceptors (Lipinski definition) is 3. The SMILES string of the molecule is N#Cc1ccc(NC2CCOC3(CCC3)C2)cc1. The lowest BCUT2D eigenvalue weighted by molar-refractivity contribution is -0.130. The van der Waals surface area contributed by atoms with Crippen LogP contribution in [0.2, 0.25) is 0 Å². The molecule has 3 nitrogen and oxygen atoms in total. The summed E-state index contributed by atoms with van der Waals surface area (Å²) >= 11 is 0. The molecule has 1 aliphatic carbocycles. The van der Waals surface area contributed by atoms with Crippen molar-refractivity contribution < 1.29 is 4.74 Å². The maximum absolute atomic E-state index is 8.77. The average molecular weight is 242 g/mol. The summed E-state index contributed by atoms with van der Waals surface area (Å²) < 4.78 is 5.92. The fourth-order valence-corrected chi connectivity index (χ4v) is 2.95. The van der Waals surface area contributed by atoms with Crippen LogP contribution in [0.15, 0.2) is 24.3 Å². The normalized spacial score (nSPS) is 25.2. The Kier molecular flexibility index (Phi) is 2.97. The molecular weight excluding hydrogens is 224 g/mol. The zero-order chi connectivity index (χ0) is 12.4.